The summed E-state index contributed by atoms with van der Waals surface area (Å²) in [7, 11) is 0. The van der Waals surface area contributed by atoms with Gasteiger partial charge in [-0.05, 0) is 33.6 Å². The minimum absolute atomic E-state index is 0.825. The Hall–Kier alpha value is -0.410. The molecule has 0 saturated carbocycles. The molecule has 0 aliphatic rings. The molecule has 0 aliphatic heterocycles. The first-order valence-corrected chi connectivity index (χ1v) is 5.83. The lowest BCUT2D eigenvalue weighted by molar-refractivity contribution is 1.26. The Bertz CT molecular complexity index is 440. The molecule has 0 unspecified atom stereocenters. The zero-order valence-corrected chi connectivity index (χ0v) is 9.97. The average Bonchev–Trinajstić information content (AvgIpc) is 2.17. The van der Waals surface area contributed by atoms with Crippen molar-refractivity contribution in [2.75, 3.05) is 0 Å². The van der Waals surface area contributed by atoms with Crippen molar-refractivity contribution in [3.8, 4) is 0 Å². The van der Waals surface area contributed by atoms with Crippen molar-refractivity contribution in [2.45, 2.75) is 5.33 Å². The van der Waals surface area contributed by atoms with Crippen molar-refractivity contribution < 1.29 is 0 Å². The first kappa shape index (κ1) is 9.16. The maximum Gasteiger partial charge on any atom is 0.110 e. The molecule has 0 amide bonds. The van der Waals surface area contributed by atoms with Crippen molar-refractivity contribution in [1.82, 2.24) is 4.98 Å². The molecule has 66 valence electrons. The van der Waals surface area contributed by atoms with Gasteiger partial charge in [0.25, 0.3) is 0 Å². The van der Waals surface area contributed by atoms with Crippen molar-refractivity contribution in [3.05, 3.63) is 40.5 Å². The minimum atomic E-state index is 0.825. The van der Waals surface area contributed by atoms with Gasteiger partial charge in [-0.2, -0.15) is 0 Å². The highest BCUT2D eigenvalue weighted by molar-refractivity contribution is 9.10. The van der Waals surface area contributed by atoms with Gasteiger partial charge in [-0.1, -0.05) is 34.1 Å². The molecule has 1 aromatic heterocycles. The molecule has 0 fully saturated rings. The number of alkyl halides is 1. The summed E-state index contributed by atoms with van der Waals surface area (Å²) in [5.74, 6) is 0. The van der Waals surface area contributed by atoms with Gasteiger partial charge in [0, 0.05) is 10.7 Å². The summed E-state index contributed by atoms with van der Waals surface area (Å²) in [6.07, 6.45) is 0. The number of nitrogens with zero attached hydrogens (tertiary/aromatic N) is 1. The van der Waals surface area contributed by atoms with E-state index < -0.39 is 0 Å². The van der Waals surface area contributed by atoms with Crippen LogP contribution in [0.25, 0.3) is 10.9 Å². The van der Waals surface area contributed by atoms with E-state index in [0.717, 1.165) is 15.4 Å². The maximum atomic E-state index is 4.43. The Morgan fingerprint density at radius 1 is 1.23 bits per heavy atom. The quantitative estimate of drug-likeness (QED) is 0.575. The third-order valence-electron chi connectivity index (χ3n) is 1.89. The van der Waals surface area contributed by atoms with Gasteiger partial charge in [0.2, 0.25) is 0 Å². The number of halogens is 2. The molecule has 0 atom stereocenters. The van der Waals surface area contributed by atoms with Crippen LogP contribution in [-0.2, 0) is 5.33 Å². The van der Waals surface area contributed by atoms with Gasteiger partial charge in [0.15, 0.2) is 0 Å². The predicted molar refractivity (Wildman–Crippen MR) is 62.1 cm³/mol. The van der Waals surface area contributed by atoms with E-state index in [2.05, 4.69) is 49.0 Å². The molecule has 1 nitrogen and oxygen atoms in total. The van der Waals surface area contributed by atoms with E-state index in [9.17, 15) is 0 Å². The summed E-state index contributed by atoms with van der Waals surface area (Å²) in [5.41, 5.74) is 2.21. The molecular weight excluding hydrogens is 294 g/mol. The van der Waals surface area contributed by atoms with Gasteiger partial charge >= 0.3 is 0 Å². The Morgan fingerprint density at radius 2 is 2.00 bits per heavy atom. The normalized spacial score (nSPS) is 10.6. The van der Waals surface area contributed by atoms with Gasteiger partial charge in [-0.25, -0.2) is 4.98 Å². The lowest BCUT2D eigenvalue weighted by atomic mass is 10.2. The van der Waals surface area contributed by atoms with Gasteiger partial charge in [-0.3, -0.25) is 0 Å². The number of para-hydroxylation sites is 1. The molecule has 0 spiro atoms. The fraction of sp³-hybridized carbons (Fsp3) is 0.100. The second-order valence-electron chi connectivity index (χ2n) is 2.76. The second kappa shape index (κ2) is 3.76. The van der Waals surface area contributed by atoms with Crippen LogP contribution in [0.5, 0.6) is 0 Å². The van der Waals surface area contributed by atoms with Crippen LogP contribution < -0.4 is 0 Å². The molecule has 2 aromatic rings. The number of benzene rings is 1. The topological polar surface area (TPSA) is 12.9 Å². The van der Waals surface area contributed by atoms with E-state index in [0.29, 0.717) is 0 Å². The van der Waals surface area contributed by atoms with Crippen LogP contribution in [0.1, 0.15) is 5.56 Å². The van der Waals surface area contributed by atoms with E-state index in [4.69, 9.17) is 0 Å². The predicted octanol–water partition coefficient (Wildman–Crippen LogP) is 3.89. The Balaban J connectivity index is 2.74. The number of pyridine rings is 1. The van der Waals surface area contributed by atoms with Crippen molar-refractivity contribution in [2.24, 2.45) is 0 Å². The Morgan fingerprint density at radius 3 is 2.77 bits per heavy atom. The van der Waals surface area contributed by atoms with Gasteiger partial charge in [0.05, 0.1) is 5.52 Å². The molecule has 2 rings (SSSR count). The van der Waals surface area contributed by atoms with E-state index in [1.165, 1.54) is 10.9 Å². The molecular formula is C10H7Br2N. The molecule has 0 aliphatic carbocycles. The highest BCUT2D eigenvalue weighted by atomic mass is 79.9. The van der Waals surface area contributed by atoms with Crippen LogP contribution in [0, 0.1) is 0 Å². The van der Waals surface area contributed by atoms with E-state index >= 15 is 0 Å². The zero-order chi connectivity index (χ0) is 9.26. The Kier molecular flexibility index (Phi) is 2.65. The van der Waals surface area contributed by atoms with Crippen LogP contribution >= 0.6 is 31.9 Å². The van der Waals surface area contributed by atoms with Crippen molar-refractivity contribution >= 4 is 42.8 Å². The SMILES string of the molecule is BrCc1cc2ccccc2nc1Br. The second-order valence-corrected chi connectivity index (χ2v) is 4.08. The van der Waals surface area contributed by atoms with E-state index in [1.54, 1.807) is 0 Å². The standard InChI is InChI=1S/C10H7Br2N/c11-6-8-5-7-3-1-2-4-9(7)13-10(8)12/h1-5H,6H2. The molecule has 0 N–H and O–H groups in total. The fourth-order valence-corrected chi connectivity index (χ4v) is 2.48. The summed E-state index contributed by atoms with van der Waals surface area (Å²) >= 11 is 6.86. The largest absolute Gasteiger partial charge is 0.241 e. The average molecular weight is 301 g/mol. The summed E-state index contributed by atoms with van der Waals surface area (Å²) in [4.78, 5) is 4.43. The van der Waals surface area contributed by atoms with Crippen LogP contribution in [0.15, 0.2) is 34.9 Å². The summed E-state index contributed by atoms with van der Waals surface area (Å²) in [5, 5.41) is 2.01. The molecule has 13 heavy (non-hydrogen) atoms. The molecule has 1 aromatic carbocycles. The van der Waals surface area contributed by atoms with E-state index in [1.807, 2.05) is 18.2 Å². The smallest absolute Gasteiger partial charge is 0.110 e. The molecule has 0 saturated heterocycles. The third kappa shape index (κ3) is 1.76. The lowest BCUT2D eigenvalue weighted by Gasteiger charge is -2.02. The highest BCUT2D eigenvalue weighted by Crippen LogP contribution is 2.22. The zero-order valence-electron chi connectivity index (χ0n) is 6.80. The van der Waals surface area contributed by atoms with Crippen LogP contribution in [0.3, 0.4) is 0 Å². The molecule has 3 heteroatoms. The maximum absolute atomic E-state index is 4.43. The Labute approximate surface area is 93.4 Å². The molecule has 0 radical (unpaired) electrons. The monoisotopic (exact) mass is 299 g/mol. The summed E-state index contributed by atoms with van der Waals surface area (Å²) in [6.45, 7) is 0. The molecule has 1 heterocycles. The van der Waals surface area contributed by atoms with Gasteiger partial charge in [0.1, 0.15) is 4.60 Å². The number of rotatable bonds is 1. The summed E-state index contributed by atoms with van der Waals surface area (Å²) < 4.78 is 0.920. The van der Waals surface area contributed by atoms with Crippen LogP contribution in [0.2, 0.25) is 0 Å². The van der Waals surface area contributed by atoms with Crippen LogP contribution in [0.4, 0.5) is 0 Å². The van der Waals surface area contributed by atoms with Crippen LogP contribution in [-0.4, -0.2) is 4.98 Å². The van der Waals surface area contributed by atoms with E-state index in [-0.39, 0.29) is 0 Å². The number of hydrogen-bond donors (Lipinski definition) is 0. The molecule has 0 bridgehead atoms. The third-order valence-corrected chi connectivity index (χ3v) is 3.18. The number of aromatic nitrogens is 1. The van der Waals surface area contributed by atoms with Crippen molar-refractivity contribution in [1.29, 1.82) is 0 Å². The van der Waals surface area contributed by atoms with Crippen molar-refractivity contribution in [3.63, 3.8) is 0 Å². The highest BCUT2D eigenvalue weighted by Gasteiger charge is 2.01. The fourth-order valence-electron chi connectivity index (χ4n) is 1.23. The van der Waals surface area contributed by atoms with Gasteiger partial charge < -0.3 is 0 Å². The van der Waals surface area contributed by atoms with Gasteiger partial charge in [-0.15, -0.1) is 0 Å². The number of hydrogen-bond acceptors (Lipinski definition) is 1. The first-order chi connectivity index (χ1) is 6.31. The minimum Gasteiger partial charge on any atom is -0.241 e. The summed E-state index contributed by atoms with van der Waals surface area (Å²) in [6, 6.07) is 10.2. The number of fused-ring (bicyclic) bond motifs is 1. The first-order valence-electron chi connectivity index (χ1n) is 3.91. The lowest BCUT2D eigenvalue weighted by Crippen LogP contribution is -1.86.